The Hall–Kier alpha value is -0.830. The standard InChI is InChI=1S/C9H16N2O/c1-3-7(2)11-9(12)8-5-4-6-10-8/h3,7-8,10H,1,4-6H2,2H3,(H,11,12)/t7?,8-/m0/s1. The maximum atomic E-state index is 11.4. The summed E-state index contributed by atoms with van der Waals surface area (Å²) in [7, 11) is 0. The molecule has 1 fully saturated rings. The summed E-state index contributed by atoms with van der Waals surface area (Å²) in [5.74, 6) is 0.0971. The second-order valence-corrected chi connectivity index (χ2v) is 3.18. The van der Waals surface area contributed by atoms with Gasteiger partial charge in [-0.05, 0) is 26.3 Å². The molecule has 0 aromatic rings. The summed E-state index contributed by atoms with van der Waals surface area (Å²) in [4.78, 5) is 11.4. The van der Waals surface area contributed by atoms with Gasteiger partial charge in [0.1, 0.15) is 0 Å². The van der Waals surface area contributed by atoms with Gasteiger partial charge in [0.25, 0.3) is 0 Å². The number of rotatable bonds is 3. The second kappa shape index (κ2) is 4.26. The van der Waals surface area contributed by atoms with Crippen molar-refractivity contribution >= 4 is 5.91 Å². The van der Waals surface area contributed by atoms with E-state index in [1.165, 1.54) is 0 Å². The Morgan fingerprint density at radius 1 is 1.83 bits per heavy atom. The number of carbonyl (C=O) groups is 1. The van der Waals surface area contributed by atoms with Gasteiger partial charge >= 0.3 is 0 Å². The minimum absolute atomic E-state index is 0.0207. The van der Waals surface area contributed by atoms with Gasteiger partial charge in [-0.3, -0.25) is 4.79 Å². The van der Waals surface area contributed by atoms with Crippen LogP contribution in [0.3, 0.4) is 0 Å². The molecule has 1 amide bonds. The van der Waals surface area contributed by atoms with E-state index in [1.807, 2.05) is 6.92 Å². The van der Waals surface area contributed by atoms with Crippen LogP contribution in [0, 0.1) is 0 Å². The first kappa shape index (κ1) is 9.26. The Balaban J connectivity index is 2.31. The molecule has 0 saturated carbocycles. The van der Waals surface area contributed by atoms with Gasteiger partial charge in [-0.25, -0.2) is 0 Å². The molecule has 1 heterocycles. The zero-order chi connectivity index (χ0) is 8.97. The van der Waals surface area contributed by atoms with Gasteiger partial charge < -0.3 is 10.6 Å². The quantitative estimate of drug-likeness (QED) is 0.600. The summed E-state index contributed by atoms with van der Waals surface area (Å²) in [6.07, 6.45) is 3.78. The lowest BCUT2D eigenvalue weighted by Gasteiger charge is -2.13. The molecule has 68 valence electrons. The molecule has 3 heteroatoms. The van der Waals surface area contributed by atoms with Gasteiger partial charge in [-0.15, -0.1) is 6.58 Å². The molecule has 0 spiro atoms. The van der Waals surface area contributed by atoms with E-state index in [0.717, 1.165) is 19.4 Å². The Labute approximate surface area is 73.2 Å². The monoisotopic (exact) mass is 168 g/mol. The van der Waals surface area contributed by atoms with E-state index in [2.05, 4.69) is 17.2 Å². The Kier molecular flexibility index (Phi) is 3.29. The van der Waals surface area contributed by atoms with Crippen LogP contribution in [0.5, 0.6) is 0 Å². The van der Waals surface area contributed by atoms with Gasteiger partial charge in [0.2, 0.25) is 5.91 Å². The molecule has 1 aliphatic heterocycles. The number of carbonyl (C=O) groups excluding carboxylic acids is 1. The lowest BCUT2D eigenvalue weighted by atomic mass is 10.2. The smallest absolute Gasteiger partial charge is 0.237 e. The molecule has 1 aliphatic rings. The molecule has 2 atom stereocenters. The number of nitrogens with one attached hydrogen (secondary N) is 2. The molecule has 0 aliphatic carbocycles. The molecule has 1 rings (SSSR count). The molecule has 1 saturated heterocycles. The van der Waals surface area contributed by atoms with E-state index in [4.69, 9.17) is 0 Å². The highest BCUT2D eigenvalue weighted by Crippen LogP contribution is 2.04. The largest absolute Gasteiger partial charge is 0.349 e. The zero-order valence-electron chi connectivity index (χ0n) is 7.47. The van der Waals surface area contributed by atoms with Gasteiger partial charge in [-0.2, -0.15) is 0 Å². The van der Waals surface area contributed by atoms with Crippen LogP contribution in [0.4, 0.5) is 0 Å². The van der Waals surface area contributed by atoms with Crippen LogP contribution in [0.2, 0.25) is 0 Å². The third kappa shape index (κ3) is 2.34. The van der Waals surface area contributed by atoms with Crippen LogP contribution >= 0.6 is 0 Å². The summed E-state index contributed by atoms with van der Waals surface area (Å²) in [6.45, 7) is 6.48. The highest BCUT2D eigenvalue weighted by molar-refractivity contribution is 5.82. The first-order valence-corrected chi connectivity index (χ1v) is 4.40. The Bertz CT molecular complexity index is 173. The highest BCUT2D eigenvalue weighted by Gasteiger charge is 2.21. The minimum Gasteiger partial charge on any atom is -0.349 e. The maximum absolute atomic E-state index is 11.4. The van der Waals surface area contributed by atoms with E-state index in [-0.39, 0.29) is 18.0 Å². The second-order valence-electron chi connectivity index (χ2n) is 3.18. The van der Waals surface area contributed by atoms with E-state index < -0.39 is 0 Å². The van der Waals surface area contributed by atoms with Crippen LogP contribution < -0.4 is 10.6 Å². The van der Waals surface area contributed by atoms with Crippen molar-refractivity contribution in [1.82, 2.24) is 10.6 Å². The molecule has 3 nitrogen and oxygen atoms in total. The number of hydrogen-bond acceptors (Lipinski definition) is 2. The van der Waals surface area contributed by atoms with E-state index >= 15 is 0 Å². The first-order chi connectivity index (χ1) is 5.74. The van der Waals surface area contributed by atoms with Crippen molar-refractivity contribution in [2.24, 2.45) is 0 Å². The molecule has 1 unspecified atom stereocenters. The van der Waals surface area contributed by atoms with E-state index in [0.29, 0.717) is 0 Å². The van der Waals surface area contributed by atoms with Crippen LogP contribution in [0.15, 0.2) is 12.7 Å². The van der Waals surface area contributed by atoms with Crippen molar-refractivity contribution in [3.63, 3.8) is 0 Å². The van der Waals surface area contributed by atoms with Gasteiger partial charge in [0.15, 0.2) is 0 Å². The van der Waals surface area contributed by atoms with Crippen molar-refractivity contribution in [2.45, 2.75) is 31.8 Å². The van der Waals surface area contributed by atoms with Crippen molar-refractivity contribution < 1.29 is 4.79 Å². The summed E-state index contributed by atoms with van der Waals surface area (Å²) in [6, 6.07) is 0.0901. The maximum Gasteiger partial charge on any atom is 0.237 e. The molecule has 12 heavy (non-hydrogen) atoms. The SMILES string of the molecule is C=CC(C)NC(=O)[C@@H]1CCCN1. The minimum atomic E-state index is 0.0207. The van der Waals surface area contributed by atoms with Crippen LogP contribution in [0.25, 0.3) is 0 Å². The lowest BCUT2D eigenvalue weighted by molar-refractivity contribution is -0.123. The normalized spacial score (nSPS) is 24.9. The molecule has 0 aromatic heterocycles. The molecule has 2 N–H and O–H groups in total. The average molecular weight is 168 g/mol. The summed E-state index contributed by atoms with van der Waals surface area (Å²) in [5.41, 5.74) is 0. The first-order valence-electron chi connectivity index (χ1n) is 4.40. The van der Waals surface area contributed by atoms with Crippen molar-refractivity contribution in [3.05, 3.63) is 12.7 Å². The van der Waals surface area contributed by atoms with Crippen molar-refractivity contribution in [2.75, 3.05) is 6.54 Å². The van der Waals surface area contributed by atoms with Crippen molar-refractivity contribution in [1.29, 1.82) is 0 Å². The number of amides is 1. The fraction of sp³-hybridized carbons (Fsp3) is 0.667. The Morgan fingerprint density at radius 2 is 2.58 bits per heavy atom. The van der Waals surface area contributed by atoms with Crippen LogP contribution in [-0.2, 0) is 4.79 Å². The lowest BCUT2D eigenvalue weighted by Crippen LogP contribution is -2.43. The molecule has 0 bridgehead atoms. The molecular weight excluding hydrogens is 152 g/mol. The summed E-state index contributed by atoms with van der Waals surface area (Å²) < 4.78 is 0. The van der Waals surface area contributed by atoms with Crippen molar-refractivity contribution in [3.8, 4) is 0 Å². The van der Waals surface area contributed by atoms with Crippen LogP contribution in [0.1, 0.15) is 19.8 Å². The molecule has 0 radical (unpaired) electrons. The Morgan fingerprint density at radius 3 is 3.08 bits per heavy atom. The van der Waals surface area contributed by atoms with E-state index in [9.17, 15) is 4.79 Å². The third-order valence-corrected chi connectivity index (χ3v) is 2.10. The van der Waals surface area contributed by atoms with Crippen LogP contribution in [-0.4, -0.2) is 24.5 Å². The van der Waals surface area contributed by atoms with Gasteiger partial charge in [0, 0.05) is 6.04 Å². The fourth-order valence-electron chi connectivity index (χ4n) is 1.29. The van der Waals surface area contributed by atoms with Gasteiger partial charge in [0.05, 0.1) is 6.04 Å². The average Bonchev–Trinajstić information content (AvgIpc) is 2.56. The zero-order valence-corrected chi connectivity index (χ0v) is 7.47. The number of hydrogen-bond donors (Lipinski definition) is 2. The predicted octanol–water partition coefficient (Wildman–Crippen LogP) is 0.429. The summed E-state index contributed by atoms with van der Waals surface area (Å²) >= 11 is 0. The fourth-order valence-corrected chi connectivity index (χ4v) is 1.29. The third-order valence-electron chi connectivity index (χ3n) is 2.10. The predicted molar refractivity (Wildman–Crippen MR) is 48.8 cm³/mol. The van der Waals surface area contributed by atoms with Gasteiger partial charge in [-0.1, -0.05) is 6.08 Å². The molecule has 0 aromatic carbocycles. The summed E-state index contributed by atoms with van der Waals surface area (Å²) in [5, 5.41) is 5.99. The highest BCUT2D eigenvalue weighted by atomic mass is 16.2. The topological polar surface area (TPSA) is 41.1 Å². The molecular formula is C9H16N2O. The van der Waals surface area contributed by atoms with E-state index in [1.54, 1.807) is 6.08 Å².